The summed E-state index contributed by atoms with van der Waals surface area (Å²) in [4.78, 5) is 24.6. The molecule has 4 atom stereocenters. The van der Waals surface area contributed by atoms with Gasteiger partial charge in [0.15, 0.2) is 0 Å². The summed E-state index contributed by atoms with van der Waals surface area (Å²) in [5.41, 5.74) is 9.16. The van der Waals surface area contributed by atoms with E-state index < -0.39 is 26.7 Å². The van der Waals surface area contributed by atoms with Crippen molar-refractivity contribution < 1.29 is 26.6 Å². The van der Waals surface area contributed by atoms with Crippen LogP contribution in [-0.2, 0) is 30.1 Å². The van der Waals surface area contributed by atoms with Crippen molar-refractivity contribution >= 4 is 49.6 Å². The van der Waals surface area contributed by atoms with Gasteiger partial charge in [-0.3, -0.25) is 8.98 Å². The van der Waals surface area contributed by atoms with Gasteiger partial charge in [0.1, 0.15) is 26.3 Å². The van der Waals surface area contributed by atoms with Gasteiger partial charge < -0.3 is 14.5 Å². The van der Waals surface area contributed by atoms with Gasteiger partial charge in [0.2, 0.25) is 14.1 Å². The van der Waals surface area contributed by atoms with Gasteiger partial charge in [0, 0.05) is 28.6 Å². The number of nitrogens with zero attached hydrogens (tertiary/aromatic N) is 2. The summed E-state index contributed by atoms with van der Waals surface area (Å²) in [5.74, 6) is 3.41. The van der Waals surface area contributed by atoms with Crippen LogP contribution in [0.5, 0.6) is 0 Å². The molecule has 1 aliphatic heterocycles. The number of ketones is 1. The van der Waals surface area contributed by atoms with E-state index in [1.165, 1.54) is 23.2 Å². The largest absolute Gasteiger partial charge is 0.413 e. The van der Waals surface area contributed by atoms with E-state index >= 15 is 0 Å². The zero-order valence-electron chi connectivity index (χ0n) is 32.8. The fraction of sp³-hybridized carbons (Fsp3) is 0.564. The molecule has 1 fully saturated rings. The third-order valence-electron chi connectivity index (χ3n) is 10.6. The number of hydrogen-bond donors (Lipinski definition) is 2. The van der Waals surface area contributed by atoms with Gasteiger partial charge in [-0.15, -0.1) is 16.9 Å². The second kappa shape index (κ2) is 16.5. The normalized spacial score (nSPS) is 20.8. The number of ether oxygens (including phenoxy) is 1. The van der Waals surface area contributed by atoms with Crippen LogP contribution in [0.15, 0.2) is 36.8 Å². The molecule has 5 rings (SSSR count). The number of rotatable bonds is 13. The predicted molar refractivity (Wildman–Crippen MR) is 218 cm³/mol. The molecule has 0 bridgehead atoms. The molecule has 1 saturated carbocycles. The lowest BCUT2D eigenvalue weighted by Gasteiger charge is -2.45. The van der Waals surface area contributed by atoms with Crippen molar-refractivity contribution in [1.82, 2.24) is 9.97 Å². The summed E-state index contributed by atoms with van der Waals surface area (Å²) in [7, 11) is -7.99. The van der Waals surface area contributed by atoms with Crippen molar-refractivity contribution in [3.8, 4) is 11.5 Å². The minimum atomic E-state index is -4.13. The fourth-order valence-corrected chi connectivity index (χ4v) is 15.7. The molecule has 1 aromatic carbocycles. The smallest absolute Gasteiger partial charge is 0.333 e. The quantitative estimate of drug-likeness (QED) is 0.100. The Balaban J connectivity index is 1.40. The number of anilines is 1. The molecule has 0 amide bonds. The number of nitrogens with one attached hydrogen (secondary N) is 1. The monoisotopic (exact) mass is 796 g/mol. The molecule has 0 spiro atoms. The van der Waals surface area contributed by atoms with E-state index in [0.29, 0.717) is 52.3 Å². The SMILES string of the molecule is Cc1sc(C(=O)c2cncnc2N[C@@H]2C[C@H](COS(N)(=O)=O)[C@@H](O[Si](C(C)C)(C(C)C)C(C)C)C2)cc1[C@H]1OCCc2ccc(C#C[Si](C)(C)C)cc21. The molecule has 3 aromatic rings. The lowest BCUT2D eigenvalue weighted by Crippen LogP contribution is -2.51. The Morgan fingerprint density at radius 1 is 1.08 bits per heavy atom. The first kappa shape index (κ1) is 41.4. The maximum atomic E-state index is 14.2. The van der Waals surface area contributed by atoms with Gasteiger partial charge in [-0.05, 0) is 77.7 Å². The van der Waals surface area contributed by atoms with Crippen LogP contribution >= 0.6 is 11.3 Å². The number of fused-ring (bicyclic) bond motifs is 1. The highest BCUT2D eigenvalue weighted by molar-refractivity contribution is 7.84. The summed E-state index contributed by atoms with van der Waals surface area (Å²) in [6.45, 7) is 22.6. The number of nitrogens with two attached hydrogens (primary N) is 1. The highest BCUT2D eigenvalue weighted by atomic mass is 32.2. The molecule has 10 nitrogen and oxygen atoms in total. The lowest BCUT2D eigenvalue weighted by molar-refractivity contribution is 0.0697. The van der Waals surface area contributed by atoms with Crippen molar-refractivity contribution in [2.24, 2.45) is 11.1 Å². The van der Waals surface area contributed by atoms with E-state index in [4.69, 9.17) is 18.5 Å². The van der Waals surface area contributed by atoms with Crippen LogP contribution in [0.2, 0.25) is 36.3 Å². The highest BCUT2D eigenvalue weighted by Gasteiger charge is 2.49. The Labute approximate surface area is 322 Å². The fourth-order valence-electron chi connectivity index (χ4n) is 8.22. The van der Waals surface area contributed by atoms with Gasteiger partial charge >= 0.3 is 10.3 Å². The highest BCUT2D eigenvalue weighted by Crippen LogP contribution is 2.46. The number of carbonyl (C=O) groups excluding carboxylic acids is 1. The Morgan fingerprint density at radius 2 is 1.77 bits per heavy atom. The number of aryl methyl sites for hydroxylation is 1. The molecule has 0 unspecified atom stereocenters. The molecule has 2 aromatic heterocycles. The van der Waals surface area contributed by atoms with Crippen LogP contribution in [0, 0.1) is 24.3 Å². The molecule has 3 heterocycles. The maximum Gasteiger partial charge on any atom is 0.333 e. The number of benzene rings is 1. The van der Waals surface area contributed by atoms with Crippen molar-refractivity contribution in [3.05, 3.63) is 74.4 Å². The zero-order chi connectivity index (χ0) is 38.9. The van der Waals surface area contributed by atoms with E-state index in [1.54, 1.807) is 6.20 Å². The number of thiophene rings is 1. The molecule has 53 heavy (non-hydrogen) atoms. The standard InChI is InChI=1S/C39H56N4O6S2Si2/c1-24(2)53(25(3)4,26(5)6)49-35-19-31(18-30(35)22-48-51(40,45)46)43-39-34(21-41-23-42-39)37(44)36-20-32(27(7)50-36)38-33-17-28(14-16-52(8,9)10)11-12-29(33)13-15-47-38/h11-12,17,20-21,23-26,30-31,35,38H,13,15,18-19,22H2,1-10H3,(H2,40,45,46)(H,41,42,43)/t30-,31-,35+,38-/m1/s1. The number of hydrogen-bond acceptors (Lipinski definition) is 10. The Bertz CT molecular complexity index is 1940. The minimum Gasteiger partial charge on any atom is -0.413 e. The Kier molecular flexibility index (Phi) is 12.9. The van der Waals surface area contributed by atoms with Crippen molar-refractivity contribution in [3.63, 3.8) is 0 Å². The Hall–Kier alpha value is -2.75. The molecule has 1 aliphatic carbocycles. The average Bonchev–Trinajstić information content (AvgIpc) is 3.65. The van der Waals surface area contributed by atoms with Crippen LogP contribution in [0.25, 0.3) is 0 Å². The van der Waals surface area contributed by atoms with Crippen molar-refractivity contribution in [2.45, 2.75) is 122 Å². The first-order valence-corrected chi connectivity index (χ1v) is 26.6. The van der Waals surface area contributed by atoms with Gasteiger partial charge in [-0.1, -0.05) is 73.2 Å². The van der Waals surface area contributed by atoms with Gasteiger partial charge in [0.25, 0.3) is 0 Å². The van der Waals surface area contributed by atoms with Gasteiger partial charge in [0.05, 0.1) is 29.8 Å². The lowest BCUT2D eigenvalue weighted by atomic mass is 9.91. The van der Waals surface area contributed by atoms with E-state index in [-0.39, 0.29) is 36.6 Å². The molecule has 0 saturated heterocycles. The summed E-state index contributed by atoms with van der Waals surface area (Å²) in [6, 6.07) is 8.20. The summed E-state index contributed by atoms with van der Waals surface area (Å²) in [6.07, 6.45) is 4.43. The molecule has 3 N–H and O–H groups in total. The second-order valence-corrected chi connectivity index (χ2v) is 29.1. The third kappa shape index (κ3) is 9.74. The Morgan fingerprint density at radius 3 is 2.42 bits per heavy atom. The van der Waals surface area contributed by atoms with Crippen LogP contribution in [0.1, 0.15) is 103 Å². The predicted octanol–water partition coefficient (Wildman–Crippen LogP) is 7.94. The minimum absolute atomic E-state index is 0.0774. The van der Waals surface area contributed by atoms with Crippen LogP contribution < -0.4 is 10.5 Å². The molecular weight excluding hydrogens is 741 g/mol. The molecule has 288 valence electrons. The molecular formula is C39H56N4O6S2Si2. The van der Waals surface area contributed by atoms with Crippen LogP contribution in [-0.4, -0.2) is 65.9 Å². The number of carbonyl (C=O) groups is 1. The number of aromatic nitrogens is 2. The summed E-state index contributed by atoms with van der Waals surface area (Å²) >= 11 is 1.44. The van der Waals surface area contributed by atoms with E-state index in [9.17, 15) is 13.2 Å². The van der Waals surface area contributed by atoms with Crippen molar-refractivity contribution in [2.75, 3.05) is 18.5 Å². The molecule has 0 radical (unpaired) electrons. The first-order valence-electron chi connectivity index (χ1n) is 18.6. The van der Waals surface area contributed by atoms with E-state index in [1.807, 2.05) is 13.0 Å². The van der Waals surface area contributed by atoms with Crippen molar-refractivity contribution in [1.29, 1.82) is 0 Å². The maximum absolute atomic E-state index is 14.2. The van der Waals surface area contributed by atoms with Crippen LogP contribution in [0.4, 0.5) is 5.82 Å². The van der Waals surface area contributed by atoms with Gasteiger partial charge in [-0.2, -0.15) is 8.42 Å². The van der Waals surface area contributed by atoms with Crippen LogP contribution in [0.3, 0.4) is 0 Å². The average molecular weight is 797 g/mol. The first-order chi connectivity index (χ1) is 24.8. The molecule has 2 aliphatic rings. The zero-order valence-corrected chi connectivity index (χ0v) is 36.4. The van der Waals surface area contributed by atoms with Gasteiger partial charge in [-0.25, -0.2) is 15.1 Å². The topological polar surface area (TPSA) is 143 Å². The third-order valence-corrected chi connectivity index (χ3v) is 19.1. The second-order valence-electron chi connectivity index (χ2n) is 16.5. The summed E-state index contributed by atoms with van der Waals surface area (Å²) in [5, 5.41) is 8.77. The molecule has 14 heteroatoms. The van der Waals surface area contributed by atoms with E-state index in [2.05, 4.69) is 106 Å². The van der Waals surface area contributed by atoms with E-state index in [0.717, 1.165) is 28.0 Å². The summed E-state index contributed by atoms with van der Waals surface area (Å²) < 4.78 is 42.4.